The minimum absolute atomic E-state index is 0.0375. The topological polar surface area (TPSA) is 128 Å². The largest absolute Gasteiger partial charge is 0.454 e. The fourth-order valence-corrected chi connectivity index (χ4v) is 2.28. The maximum absolute atomic E-state index is 12.0. The second kappa shape index (κ2) is 10.0. The number of esters is 1. The van der Waals surface area contributed by atoms with Crippen molar-refractivity contribution in [2.45, 2.75) is 6.54 Å². The molecule has 0 radical (unpaired) electrons. The predicted molar refractivity (Wildman–Crippen MR) is 99.7 cm³/mol. The first-order valence-electron chi connectivity index (χ1n) is 8.05. The Hall–Kier alpha value is -3.46. The zero-order valence-electron chi connectivity index (χ0n) is 14.5. The lowest BCUT2D eigenvalue weighted by atomic mass is 10.2. The quantitative estimate of drug-likeness (QED) is 0.392. The molecule has 0 atom stereocenters. The van der Waals surface area contributed by atoms with Gasteiger partial charge in [-0.25, -0.2) is 0 Å². The Kier molecular flexibility index (Phi) is 7.46. The molecule has 0 unspecified atom stereocenters. The van der Waals surface area contributed by atoms with Crippen LogP contribution in [0.1, 0.15) is 15.9 Å². The van der Waals surface area contributed by atoms with Crippen LogP contribution in [0.3, 0.4) is 0 Å². The highest BCUT2D eigenvalue weighted by Gasteiger charge is 2.17. The summed E-state index contributed by atoms with van der Waals surface area (Å²) in [5.41, 5.74) is 0.433. The van der Waals surface area contributed by atoms with Crippen molar-refractivity contribution >= 4 is 35.1 Å². The molecule has 28 heavy (non-hydrogen) atoms. The third kappa shape index (κ3) is 6.36. The molecule has 2 aromatic carbocycles. The van der Waals surface area contributed by atoms with Gasteiger partial charge in [-0.1, -0.05) is 41.9 Å². The first-order chi connectivity index (χ1) is 13.4. The molecule has 9 nitrogen and oxygen atoms in total. The molecule has 2 N–H and O–H groups in total. The Labute approximate surface area is 164 Å². The highest BCUT2D eigenvalue weighted by Crippen LogP contribution is 2.24. The Morgan fingerprint density at radius 1 is 1.07 bits per heavy atom. The van der Waals surface area contributed by atoms with Crippen LogP contribution in [0.2, 0.25) is 5.02 Å². The highest BCUT2D eigenvalue weighted by atomic mass is 35.5. The average molecular weight is 406 g/mol. The van der Waals surface area contributed by atoms with Gasteiger partial charge < -0.3 is 15.4 Å². The van der Waals surface area contributed by atoms with Crippen molar-refractivity contribution in [1.82, 2.24) is 10.6 Å². The Morgan fingerprint density at radius 3 is 2.46 bits per heavy atom. The molecule has 0 aliphatic heterocycles. The first kappa shape index (κ1) is 20.8. The van der Waals surface area contributed by atoms with Crippen molar-refractivity contribution in [1.29, 1.82) is 0 Å². The molecular formula is C18H16ClN3O6. The molecule has 0 heterocycles. The van der Waals surface area contributed by atoms with Crippen LogP contribution in [0.5, 0.6) is 0 Å². The average Bonchev–Trinajstić information content (AvgIpc) is 2.69. The number of halogens is 1. The summed E-state index contributed by atoms with van der Waals surface area (Å²) in [6, 6.07) is 12.7. The van der Waals surface area contributed by atoms with E-state index >= 15 is 0 Å². The molecular weight excluding hydrogens is 390 g/mol. The summed E-state index contributed by atoms with van der Waals surface area (Å²) in [5, 5.41) is 15.6. The highest BCUT2D eigenvalue weighted by molar-refractivity contribution is 6.32. The lowest BCUT2D eigenvalue weighted by Crippen LogP contribution is -2.33. The van der Waals surface area contributed by atoms with E-state index in [1.165, 1.54) is 12.1 Å². The van der Waals surface area contributed by atoms with Crippen molar-refractivity contribution < 1.29 is 24.0 Å². The van der Waals surface area contributed by atoms with Crippen LogP contribution in [0.4, 0.5) is 5.69 Å². The van der Waals surface area contributed by atoms with Crippen molar-refractivity contribution in [3.8, 4) is 0 Å². The zero-order chi connectivity index (χ0) is 20.5. The number of carbonyl (C=O) groups excluding carboxylic acids is 3. The summed E-state index contributed by atoms with van der Waals surface area (Å²) >= 11 is 5.67. The Morgan fingerprint density at radius 2 is 1.79 bits per heavy atom. The van der Waals surface area contributed by atoms with Gasteiger partial charge in [0.25, 0.3) is 17.5 Å². The molecule has 0 aliphatic rings. The summed E-state index contributed by atoms with van der Waals surface area (Å²) in [5.74, 6) is -2.03. The second-order valence-electron chi connectivity index (χ2n) is 5.53. The Bertz CT molecular complexity index is 888. The lowest BCUT2D eigenvalue weighted by Gasteiger charge is -2.08. The number of carbonyl (C=O) groups is 3. The van der Waals surface area contributed by atoms with Crippen LogP contribution < -0.4 is 10.6 Å². The zero-order valence-corrected chi connectivity index (χ0v) is 15.3. The van der Waals surface area contributed by atoms with E-state index < -0.39 is 41.5 Å². The van der Waals surface area contributed by atoms with Gasteiger partial charge in [0, 0.05) is 18.2 Å². The number of hydrogen-bond acceptors (Lipinski definition) is 6. The summed E-state index contributed by atoms with van der Waals surface area (Å²) in [6.07, 6.45) is 0. The predicted octanol–water partition coefficient (Wildman–Crippen LogP) is 1.84. The number of nitro groups is 1. The van der Waals surface area contributed by atoms with Gasteiger partial charge in [0.05, 0.1) is 4.92 Å². The van der Waals surface area contributed by atoms with Gasteiger partial charge in [-0.2, -0.15) is 0 Å². The van der Waals surface area contributed by atoms with Crippen molar-refractivity contribution in [3.63, 3.8) is 0 Å². The summed E-state index contributed by atoms with van der Waals surface area (Å²) in [6.45, 7) is -0.696. The standard InChI is InChI=1S/C18H16ClN3O6/c19-14-7-6-13(8-15(14)22(26)27)18(25)21-10-17(24)28-11-16(23)20-9-12-4-2-1-3-5-12/h1-8H,9-11H2,(H,20,23)(H,21,25). The smallest absolute Gasteiger partial charge is 0.325 e. The number of ether oxygens (including phenoxy) is 1. The maximum atomic E-state index is 12.0. The van der Waals surface area contributed by atoms with Crippen LogP contribution in [-0.2, 0) is 20.9 Å². The van der Waals surface area contributed by atoms with E-state index in [-0.39, 0.29) is 10.6 Å². The van der Waals surface area contributed by atoms with Crippen LogP contribution in [-0.4, -0.2) is 35.9 Å². The van der Waals surface area contributed by atoms with Gasteiger partial charge in [0.15, 0.2) is 6.61 Å². The molecule has 2 rings (SSSR count). The second-order valence-corrected chi connectivity index (χ2v) is 5.94. The molecule has 146 valence electrons. The number of amides is 2. The van der Waals surface area contributed by atoms with E-state index in [1.54, 1.807) is 0 Å². The van der Waals surface area contributed by atoms with E-state index in [9.17, 15) is 24.5 Å². The molecule has 0 spiro atoms. The van der Waals surface area contributed by atoms with Crippen LogP contribution in [0.25, 0.3) is 0 Å². The van der Waals surface area contributed by atoms with Crippen LogP contribution in [0, 0.1) is 10.1 Å². The van der Waals surface area contributed by atoms with E-state index in [2.05, 4.69) is 10.6 Å². The molecule has 0 aliphatic carbocycles. The number of hydrogen-bond donors (Lipinski definition) is 2. The van der Waals surface area contributed by atoms with Gasteiger partial charge in [-0.05, 0) is 17.7 Å². The molecule has 10 heteroatoms. The monoisotopic (exact) mass is 405 g/mol. The molecule has 2 amide bonds. The number of nitrogens with one attached hydrogen (secondary N) is 2. The van der Waals surface area contributed by atoms with Gasteiger partial charge in [-0.3, -0.25) is 24.5 Å². The van der Waals surface area contributed by atoms with Crippen molar-refractivity contribution in [2.75, 3.05) is 13.2 Å². The van der Waals surface area contributed by atoms with E-state index in [4.69, 9.17) is 16.3 Å². The number of benzene rings is 2. The molecule has 0 fully saturated rings. The van der Waals surface area contributed by atoms with Gasteiger partial charge in [-0.15, -0.1) is 0 Å². The Balaban J connectivity index is 1.74. The molecule has 0 bridgehead atoms. The van der Waals surface area contributed by atoms with E-state index in [0.29, 0.717) is 6.54 Å². The minimum Gasteiger partial charge on any atom is -0.454 e. The number of rotatable bonds is 8. The fourth-order valence-electron chi connectivity index (χ4n) is 2.09. The first-order valence-corrected chi connectivity index (χ1v) is 8.43. The van der Waals surface area contributed by atoms with E-state index in [1.807, 2.05) is 30.3 Å². The number of nitrogens with zero attached hydrogens (tertiary/aromatic N) is 1. The normalized spacial score (nSPS) is 10.0. The van der Waals surface area contributed by atoms with Gasteiger partial charge in [0.2, 0.25) is 0 Å². The van der Waals surface area contributed by atoms with E-state index in [0.717, 1.165) is 11.6 Å². The molecule has 0 aromatic heterocycles. The third-order valence-corrected chi connectivity index (χ3v) is 3.81. The molecule has 0 saturated heterocycles. The van der Waals surface area contributed by atoms with Crippen LogP contribution in [0.15, 0.2) is 48.5 Å². The van der Waals surface area contributed by atoms with Crippen molar-refractivity contribution in [3.05, 3.63) is 74.8 Å². The molecule has 2 aromatic rings. The van der Waals surface area contributed by atoms with Crippen LogP contribution >= 0.6 is 11.6 Å². The maximum Gasteiger partial charge on any atom is 0.325 e. The molecule has 0 saturated carbocycles. The summed E-state index contributed by atoms with van der Waals surface area (Å²) in [4.78, 5) is 45.4. The van der Waals surface area contributed by atoms with Gasteiger partial charge >= 0.3 is 5.97 Å². The third-order valence-electron chi connectivity index (χ3n) is 3.50. The number of nitro benzene ring substituents is 1. The van der Waals surface area contributed by atoms with Gasteiger partial charge in [0.1, 0.15) is 11.6 Å². The summed E-state index contributed by atoms with van der Waals surface area (Å²) in [7, 11) is 0. The fraction of sp³-hybridized carbons (Fsp3) is 0.167. The summed E-state index contributed by atoms with van der Waals surface area (Å²) < 4.78 is 4.76. The van der Waals surface area contributed by atoms with Crippen molar-refractivity contribution in [2.24, 2.45) is 0 Å². The SMILES string of the molecule is O=C(COC(=O)CNC(=O)c1ccc(Cl)c([N+](=O)[O-])c1)NCc1ccccc1. The minimum atomic E-state index is -0.827. The lowest BCUT2D eigenvalue weighted by molar-refractivity contribution is -0.384.